The Bertz CT molecular complexity index is 1250. The molecule has 0 spiro atoms. The van der Waals surface area contributed by atoms with E-state index in [4.69, 9.17) is 24.8 Å². The number of carbonyl (C=O) groups excluding carboxylic acids is 2. The summed E-state index contributed by atoms with van der Waals surface area (Å²) in [5.41, 5.74) is 5.33. The van der Waals surface area contributed by atoms with Crippen molar-refractivity contribution in [3.8, 4) is 0 Å². The number of carbonyl (C=O) groups is 3. The van der Waals surface area contributed by atoms with Gasteiger partial charge in [-0.15, -0.1) is 0 Å². The van der Waals surface area contributed by atoms with Crippen LogP contribution in [0.25, 0.3) is 0 Å². The number of carboxylic acids is 1. The average molecular weight is 866 g/mol. The van der Waals surface area contributed by atoms with Crippen LogP contribution in [0.5, 0.6) is 0 Å². The molecule has 0 amide bonds. The molecular weight excluding hydrogens is 781 g/mol. The fourth-order valence-electron chi connectivity index (χ4n) is 6.05. The van der Waals surface area contributed by atoms with E-state index in [2.05, 4.69) is 73.1 Å². The number of carboxylic acid groups (broad SMARTS) is 1. The second kappa shape index (κ2) is 42.9. The lowest BCUT2D eigenvalue weighted by Gasteiger charge is -2.20. The molecular formula is C48H84NO10P. The summed E-state index contributed by atoms with van der Waals surface area (Å²) in [7, 11) is -4.73. The Balaban J connectivity index is 4.42. The van der Waals surface area contributed by atoms with Crippen molar-refractivity contribution in [2.75, 3.05) is 19.8 Å². The van der Waals surface area contributed by atoms with Gasteiger partial charge in [-0.2, -0.15) is 0 Å². The first-order valence-electron chi connectivity index (χ1n) is 23.3. The van der Waals surface area contributed by atoms with Crippen molar-refractivity contribution in [3.05, 3.63) is 60.8 Å². The Morgan fingerprint density at radius 1 is 0.517 bits per heavy atom. The predicted molar refractivity (Wildman–Crippen MR) is 245 cm³/mol. The molecule has 0 radical (unpaired) electrons. The molecule has 0 bridgehead atoms. The third kappa shape index (κ3) is 41.9. The zero-order chi connectivity index (χ0) is 44.2. The Hall–Kier alpha value is -2.82. The molecule has 0 aliphatic carbocycles. The van der Waals surface area contributed by atoms with Crippen LogP contribution in [-0.4, -0.2) is 59.9 Å². The van der Waals surface area contributed by atoms with Crippen molar-refractivity contribution in [2.24, 2.45) is 5.73 Å². The maximum atomic E-state index is 12.6. The van der Waals surface area contributed by atoms with Crippen LogP contribution in [0.4, 0.5) is 0 Å². The van der Waals surface area contributed by atoms with Gasteiger partial charge in [0.15, 0.2) is 6.10 Å². The summed E-state index contributed by atoms with van der Waals surface area (Å²) in [4.78, 5) is 46.0. The molecule has 0 aliphatic heterocycles. The number of hydrogen-bond donors (Lipinski definition) is 3. The van der Waals surface area contributed by atoms with Crippen LogP contribution < -0.4 is 5.73 Å². The first kappa shape index (κ1) is 57.2. The van der Waals surface area contributed by atoms with Crippen LogP contribution in [0.15, 0.2) is 60.8 Å². The van der Waals surface area contributed by atoms with Gasteiger partial charge in [-0.3, -0.25) is 23.4 Å². The average Bonchev–Trinajstić information content (AvgIpc) is 3.22. The van der Waals surface area contributed by atoms with Gasteiger partial charge in [0.2, 0.25) is 0 Å². The van der Waals surface area contributed by atoms with Crippen LogP contribution in [-0.2, 0) is 37.5 Å². The molecule has 11 nitrogen and oxygen atoms in total. The molecule has 1 unspecified atom stereocenters. The van der Waals surface area contributed by atoms with E-state index < -0.39 is 51.1 Å². The summed E-state index contributed by atoms with van der Waals surface area (Å²) in [5, 5.41) is 8.90. The number of unbranched alkanes of at least 4 members (excludes halogenated alkanes) is 19. The quantitative estimate of drug-likeness (QED) is 0.0230. The maximum absolute atomic E-state index is 12.6. The molecule has 346 valence electrons. The van der Waals surface area contributed by atoms with Crippen molar-refractivity contribution in [1.29, 1.82) is 0 Å². The van der Waals surface area contributed by atoms with Crippen molar-refractivity contribution in [2.45, 2.75) is 206 Å². The summed E-state index contributed by atoms with van der Waals surface area (Å²) in [6.07, 6.45) is 50.1. The number of phosphoric ester groups is 1. The van der Waals surface area contributed by atoms with Gasteiger partial charge in [-0.05, 0) is 77.0 Å². The number of nitrogens with two attached hydrogens (primary N) is 1. The molecule has 3 atom stereocenters. The zero-order valence-corrected chi connectivity index (χ0v) is 38.4. The molecule has 4 N–H and O–H groups in total. The monoisotopic (exact) mass is 866 g/mol. The summed E-state index contributed by atoms with van der Waals surface area (Å²) in [6.45, 7) is 2.73. The van der Waals surface area contributed by atoms with Crippen LogP contribution in [0.3, 0.4) is 0 Å². The van der Waals surface area contributed by atoms with Gasteiger partial charge in [0.1, 0.15) is 12.6 Å². The van der Waals surface area contributed by atoms with Crippen molar-refractivity contribution >= 4 is 25.7 Å². The third-order valence-electron chi connectivity index (χ3n) is 9.74. The summed E-state index contributed by atoms with van der Waals surface area (Å²) in [6, 6.07) is -1.53. The smallest absolute Gasteiger partial charge is 0.472 e. The van der Waals surface area contributed by atoms with Gasteiger partial charge in [0.25, 0.3) is 0 Å². The third-order valence-corrected chi connectivity index (χ3v) is 10.7. The highest BCUT2D eigenvalue weighted by molar-refractivity contribution is 7.47. The first-order chi connectivity index (χ1) is 29.1. The van der Waals surface area contributed by atoms with Crippen molar-refractivity contribution in [1.82, 2.24) is 0 Å². The molecule has 0 fully saturated rings. The normalized spacial score (nSPS) is 14.2. The second-order valence-corrected chi connectivity index (χ2v) is 17.0. The molecule has 60 heavy (non-hydrogen) atoms. The highest BCUT2D eigenvalue weighted by Crippen LogP contribution is 2.43. The standard InChI is InChI=1S/C48H84NO10P/c1-3-5-7-9-11-13-15-17-19-20-21-22-23-24-26-27-29-31-33-35-37-39-46(50)56-41-44(42-57-60(54,55)58-43-45(49)48(52)53)59-47(51)40-38-36-34-32-30-28-25-18-16-14-12-10-8-6-4-2/h18-20,22-23,25-27,31,33,44-45H,3-17,21,24,28-30,32,34-43,49H2,1-2H3,(H,52,53)(H,54,55)/b20-19+,23-22+,25-18+,27-26+,33-31+/t44-,45-/m0/s1. The number of hydrogen-bond acceptors (Lipinski definition) is 9. The van der Waals surface area contributed by atoms with Gasteiger partial charge >= 0.3 is 25.7 Å². The lowest BCUT2D eigenvalue weighted by molar-refractivity contribution is -0.161. The molecule has 0 aromatic heterocycles. The number of allylic oxidation sites excluding steroid dienone is 10. The second-order valence-electron chi connectivity index (χ2n) is 15.5. The van der Waals surface area contributed by atoms with Gasteiger partial charge in [-0.1, -0.05) is 164 Å². The van der Waals surface area contributed by atoms with Crippen LogP contribution in [0.2, 0.25) is 0 Å². The van der Waals surface area contributed by atoms with E-state index in [1.165, 1.54) is 89.9 Å². The van der Waals surface area contributed by atoms with E-state index in [9.17, 15) is 23.8 Å². The molecule has 0 rings (SSSR count). The minimum absolute atomic E-state index is 0.138. The van der Waals surface area contributed by atoms with Gasteiger partial charge < -0.3 is 25.2 Å². The van der Waals surface area contributed by atoms with Gasteiger partial charge in [0.05, 0.1) is 13.2 Å². The van der Waals surface area contributed by atoms with Crippen molar-refractivity contribution < 1.29 is 47.5 Å². The van der Waals surface area contributed by atoms with Gasteiger partial charge in [-0.25, -0.2) is 4.57 Å². The SMILES string of the molecule is CCCCCCCC/C=C/CCCCCCCC(=O)O[C@@H](COC(=O)CCC/C=C/C/C=C/C/C=C/C/C=C/CCCCCCCCC)COP(=O)(O)OC[C@H](N)C(=O)O. The largest absolute Gasteiger partial charge is 0.480 e. The van der Waals surface area contributed by atoms with Crippen LogP contribution in [0.1, 0.15) is 194 Å². The number of aliphatic carboxylic acids is 1. The fraction of sp³-hybridized carbons (Fsp3) is 0.729. The van der Waals surface area contributed by atoms with E-state index in [-0.39, 0.29) is 19.4 Å². The summed E-state index contributed by atoms with van der Waals surface area (Å²) in [5.74, 6) is -2.46. The molecule has 0 saturated heterocycles. The highest BCUT2D eigenvalue weighted by Gasteiger charge is 2.28. The van der Waals surface area contributed by atoms with E-state index in [1.54, 1.807) is 0 Å². The van der Waals surface area contributed by atoms with E-state index >= 15 is 0 Å². The topological polar surface area (TPSA) is 172 Å². The maximum Gasteiger partial charge on any atom is 0.472 e. The Morgan fingerprint density at radius 3 is 1.38 bits per heavy atom. The minimum Gasteiger partial charge on any atom is -0.480 e. The molecule has 0 heterocycles. The number of ether oxygens (including phenoxy) is 2. The molecule has 0 aliphatic rings. The molecule has 0 saturated carbocycles. The lowest BCUT2D eigenvalue weighted by atomic mass is 10.1. The fourth-order valence-corrected chi connectivity index (χ4v) is 6.83. The summed E-state index contributed by atoms with van der Waals surface area (Å²) < 4.78 is 32.7. The molecule has 0 aromatic carbocycles. The van der Waals surface area contributed by atoms with E-state index in [0.717, 1.165) is 57.8 Å². The Kier molecular flexibility index (Phi) is 40.8. The Morgan fingerprint density at radius 2 is 0.900 bits per heavy atom. The number of rotatable bonds is 43. The summed E-state index contributed by atoms with van der Waals surface area (Å²) >= 11 is 0. The number of esters is 2. The first-order valence-corrected chi connectivity index (χ1v) is 24.8. The molecule has 0 aromatic rings. The lowest BCUT2D eigenvalue weighted by Crippen LogP contribution is -2.34. The highest BCUT2D eigenvalue weighted by atomic mass is 31.2. The molecule has 12 heteroatoms. The zero-order valence-electron chi connectivity index (χ0n) is 37.5. The van der Waals surface area contributed by atoms with Crippen LogP contribution in [0, 0.1) is 0 Å². The minimum atomic E-state index is -4.73. The Labute approximate surface area is 364 Å². The predicted octanol–water partition coefficient (Wildman–Crippen LogP) is 12.7. The van der Waals surface area contributed by atoms with Gasteiger partial charge in [0, 0.05) is 12.8 Å². The van der Waals surface area contributed by atoms with E-state index in [1.807, 2.05) is 6.08 Å². The van der Waals surface area contributed by atoms with Crippen LogP contribution >= 0.6 is 7.82 Å². The van der Waals surface area contributed by atoms with Crippen molar-refractivity contribution in [3.63, 3.8) is 0 Å². The number of phosphoric acid groups is 1. The van der Waals surface area contributed by atoms with E-state index in [0.29, 0.717) is 19.3 Å².